The Labute approximate surface area is 121 Å². The van der Waals surface area contributed by atoms with Crippen LogP contribution in [0.2, 0.25) is 5.02 Å². The number of anilines is 2. The van der Waals surface area contributed by atoms with Crippen LogP contribution in [0.15, 0.2) is 42.5 Å². The van der Waals surface area contributed by atoms with Gasteiger partial charge in [-0.25, -0.2) is 0 Å². The fourth-order valence-electron chi connectivity index (χ4n) is 2.21. The van der Waals surface area contributed by atoms with Gasteiger partial charge in [0.1, 0.15) is 12.4 Å². The number of benzene rings is 2. The number of hydrogen-bond donors (Lipinski definition) is 1. The molecule has 5 heteroatoms. The molecule has 102 valence electrons. The first-order valence-electron chi connectivity index (χ1n) is 6.25. The largest absolute Gasteiger partial charge is 0.490 e. The summed E-state index contributed by atoms with van der Waals surface area (Å²) in [7, 11) is 0. The molecule has 1 heterocycles. The van der Waals surface area contributed by atoms with Gasteiger partial charge in [0, 0.05) is 5.56 Å². The lowest BCUT2D eigenvalue weighted by molar-refractivity contribution is 0.0976. The van der Waals surface area contributed by atoms with E-state index in [2.05, 4.69) is 0 Å². The van der Waals surface area contributed by atoms with Crippen molar-refractivity contribution in [2.75, 3.05) is 23.8 Å². The number of para-hydroxylation sites is 2. The molecule has 2 N–H and O–H groups in total. The van der Waals surface area contributed by atoms with Gasteiger partial charge in [-0.1, -0.05) is 23.7 Å². The van der Waals surface area contributed by atoms with Crippen LogP contribution in [0.1, 0.15) is 10.4 Å². The topological polar surface area (TPSA) is 55.6 Å². The van der Waals surface area contributed by atoms with Gasteiger partial charge in [-0.15, -0.1) is 0 Å². The minimum Gasteiger partial charge on any atom is -0.490 e. The van der Waals surface area contributed by atoms with Gasteiger partial charge in [0.15, 0.2) is 0 Å². The van der Waals surface area contributed by atoms with E-state index in [0.717, 1.165) is 5.69 Å². The zero-order valence-electron chi connectivity index (χ0n) is 10.7. The molecule has 0 saturated heterocycles. The highest BCUT2D eigenvalue weighted by Crippen LogP contribution is 2.32. The molecule has 0 radical (unpaired) electrons. The number of hydrogen-bond acceptors (Lipinski definition) is 3. The molecule has 0 bridgehead atoms. The molecule has 0 spiro atoms. The summed E-state index contributed by atoms with van der Waals surface area (Å²) in [5, 5.41) is 0.448. The smallest absolute Gasteiger partial charge is 0.258 e. The van der Waals surface area contributed by atoms with Crippen molar-refractivity contribution in [1.82, 2.24) is 0 Å². The summed E-state index contributed by atoms with van der Waals surface area (Å²) in [6.45, 7) is 0.990. The quantitative estimate of drug-likeness (QED) is 0.821. The molecule has 0 saturated carbocycles. The van der Waals surface area contributed by atoms with E-state index in [1.807, 2.05) is 24.3 Å². The molecule has 1 aliphatic rings. The van der Waals surface area contributed by atoms with Gasteiger partial charge >= 0.3 is 0 Å². The number of fused-ring (bicyclic) bond motifs is 1. The average molecular weight is 289 g/mol. The number of nitrogens with two attached hydrogens (primary N) is 1. The SMILES string of the molecule is Nc1cc(C(=O)N2CCOc3ccccc32)ccc1Cl. The molecule has 0 aromatic heterocycles. The second kappa shape index (κ2) is 5.06. The molecule has 1 aliphatic heterocycles. The first kappa shape index (κ1) is 12.8. The van der Waals surface area contributed by atoms with E-state index in [1.165, 1.54) is 0 Å². The van der Waals surface area contributed by atoms with Crippen molar-refractivity contribution < 1.29 is 9.53 Å². The highest BCUT2D eigenvalue weighted by Gasteiger charge is 2.24. The summed E-state index contributed by atoms with van der Waals surface area (Å²) in [6.07, 6.45) is 0. The Morgan fingerprint density at radius 3 is 2.85 bits per heavy atom. The molecule has 3 rings (SSSR count). The highest BCUT2D eigenvalue weighted by molar-refractivity contribution is 6.33. The summed E-state index contributed by atoms with van der Waals surface area (Å²) in [5.74, 6) is 0.609. The maximum Gasteiger partial charge on any atom is 0.258 e. The van der Waals surface area contributed by atoms with E-state index in [4.69, 9.17) is 22.1 Å². The third-order valence-electron chi connectivity index (χ3n) is 3.22. The second-order valence-electron chi connectivity index (χ2n) is 4.51. The third-order valence-corrected chi connectivity index (χ3v) is 3.56. The van der Waals surface area contributed by atoms with Crippen molar-refractivity contribution in [2.24, 2.45) is 0 Å². The van der Waals surface area contributed by atoms with E-state index < -0.39 is 0 Å². The minimum atomic E-state index is -0.107. The molecule has 2 aromatic rings. The molecule has 0 unspecified atom stereocenters. The summed E-state index contributed by atoms with van der Waals surface area (Å²) in [6, 6.07) is 12.4. The maximum absolute atomic E-state index is 12.6. The second-order valence-corrected chi connectivity index (χ2v) is 4.92. The van der Waals surface area contributed by atoms with Crippen molar-refractivity contribution in [3.63, 3.8) is 0 Å². The van der Waals surface area contributed by atoms with Crippen molar-refractivity contribution in [3.05, 3.63) is 53.1 Å². The van der Waals surface area contributed by atoms with Gasteiger partial charge in [0.25, 0.3) is 5.91 Å². The minimum absolute atomic E-state index is 0.107. The average Bonchev–Trinajstić information content (AvgIpc) is 2.49. The van der Waals surface area contributed by atoms with Crippen LogP contribution in [0.5, 0.6) is 5.75 Å². The summed E-state index contributed by atoms with van der Waals surface area (Å²) in [4.78, 5) is 14.3. The van der Waals surface area contributed by atoms with Crippen LogP contribution in [-0.2, 0) is 0 Å². The Kier molecular flexibility index (Phi) is 3.24. The Balaban J connectivity index is 1.97. The van der Waals surface area contributed by atoms with Crippen LogP contribution in [0.3, 0.4) is 0 Å². The number of carbonyl (C=O) groups excluding carboxylic acids is 1. The maximum atomic E-state index is 12.6. The molecule has 0 aliphatic carbocycles. The summed E-state index contributed by atoms with van der Waals surface area (Å²) >= 11 is 5.88. The van der Waals surface area contributed by atoms with E-state index in [-0.39, 0.29) is 5.91 Å². The number of halogens is 1. The third kappa shape index (κ3) is 2.18. The van der Waals surface area contributed by atoms with E-state index in [0.29, 0.717) is 35.2 Å². The van der Waals surface area contributed by atoms with Gasteiger partial charge in [0.2, 0.25) is 0 Å². The fraction of sp³-hybridized carbons (Fsp3) is 0.133. The zero-order chi connectivity index (χ0) is 14.1. The highest BCUT2D eigenvalue weighted by atomic mass is 35.5. The molecule has 0 atom stereocenters. The molecule has 4 nitrogen and oxygen atoms in total. The van der Waals surface area contributed by atoms with E-state index in [1.54, 1.807) is 23.1 Å². The van der Waals surface area contributed by atoms with Crippen LogP contribution in [-0.4, -0.2) is 19.1 Å². The van der Waals surface area contributed by atoms with E-state index in [9.17, 15) is 4.79 Å². The molecule has 1 amide bonds. The number of nitrogen functional groups attached to an aromatic ring is 1. The van der Waals surface area contributed by atoms with E-state index >= 15 is 0 Å². The number of rotatable bonds is 1. The predicted molar refractivity (Wildman–Crippen MR) is 79.5 cm³/mol. The number of amides is 1. The normalized spacial score (nSPS) is 13.6. The fourth-order valence-corrected chi connectivity index (χ4v) is 2.33. The van der Waals surface area contributed by atoms with Gasteiger partial charge in [-0.2, -0.15) is 0 Å². The van der Waals surface area contributed by atoms with Crippen molar-refractivity contribution >= 4 is 28.9 Å². The Morgan fingerprint density at radius 1 is 1.25 bits per heavy atom. The van der Waals surface area contributed by atoms with Gasteiger partial charge < -0.3 is 15.4 Å². The Morgan fingerprint density at radius 2 is 2.05 bits per heavy atom. The number of nitrogens with zero attached hydrogens (tertiary/aromatic N) is 1. The van der Waals surface area contributed by atoms with Crippen LogP contribution in [0.4, 0.5) is 11.4 Å². The van der Waals surface area contributed by atoms with Gasteiger partial charge in [-0.05, 0) is 30.3 Å². The van der Waals surface area contributed by atoms with Gasteiger partial charge in [0.05, 0.1) is 22.9 Å². The van der Waals surface area contributed by atoms with Crippen LogP contribution >= 0.6 is 11.6 Å². The molecular weight excluding hydrogens is 276 g/mol. The number of carbonyl (C=O) groups is 1. The zero-order valence-corrected chi connectivity index (χ0v) is 11.4. The lowest BCUT2D eigenvalue weighted by Crippen LogP contribution is -2.37. The Hall–Kier alpha value is -2.20. The van der Waals surface area contributed by atoms with Crippen molar-refractivity contribution in [1.29, 1.82) is 0 Å². The standard InChI is InChI=1S/C15H13ClN2O2/c16-11-6-5-10(9-12(11)17)15(19)18-7-8-20-14-4-2-1-3-13(14)18/h1-6,9H,7-8,17H2. The molecular formula is C15H13ClN2O2. The first-order valence-corrected chi connectivity index (χ1v) is 6.63. The lowest BCUT2D eigenvalue weighted by Gasteiger charge is -2.29. The monoisotopic (exact) mass is 288 g/mol. The van der Waals surface area contributed by atoms with Gasteiger partial charge in [-0.3, -0.25) is 4.79 Å². The Bertz CT molecular complexity index is 673. The van der Waals surface area contributed by atoms with Crippen LogP contribution in [0.25, 0.3) is 0 Å². The summed E-state index contributed by atoms with van der Waals surface area (Å²) < 4.78 is 5.54. The lowest BCUT2D eigenvalue weighted by atomic mass is 10.1. The van der Waals surface area contributed by atoms with Crippen LogP contribution in [0, 0.1) is 0 Å². The molecule has 20 heavy (non-hydrogen) atoms. The predicted octanol–water partition coefficient (Wildman–Crippen LogP) is 2.96. The van der Waals surface area contributed by atoms with Crippen LogP contribution < -0.4 is 15.4 Å². The number of ether oxygens (including phenoxy) is 1. The summed E-state index contributed by atoms with van der Waals surface area (Å²) in [5.41, 5.74) is 7.45. The first-order chi connectivity index (χ1) is 9.66. The van der Waals surface area contributed by atoms with Crippen molar-refractivity contribution in [3.8, 4) is 5.75 Å². The molecule has 2 aromatic carbocycles. The molecule has 0 fully saturated rings. The van der Waals surface area contributed by atoms with Crippen molar-refractivity contribution in [2.45, 2.75) is 0 Å².